The molecule has 0 amide bonds. The summed E-state index contributed by atoms with van der Waals surface area (Å²) in [7, 11) is 0. The van der Waals surface area contributed by atoms with E-state index >= 15 is 0 Å². The second kappa shape index (κ2) is 36.0. The van der Waals surface area contributed by atoms with Crippen LogP contribution in [-0.4, -0.2) is 0 Å². The number of hydrogen-bond donors (Lipinski definition) is 0. The van der Waals surface area contributed by atoms with Gasteiger partial charge >= 0.3 is 38.6 Å². The van der Waals surface area contributed by atoms with Crippen molar-refractivity contribution < 1.29 is 77.6 Å². The van der Waals surface area contributed by atoms with E-state index in [0.717, 1.165) is 0 Å². The van der Waals surface area contributed by atoms with E-state index in [0.29, 0.717) is 0 Å². The van der Waals surface area contributed by atoms with E-state index in [9.17, 15) is 0 Å². The monoisotopic (exact) mass is 235 g/mol. The summed E-state index contributed by atoms with van der Waals surface area (Å²) < 4.78 is 8.06. The third-order valence-electron chi connectivity index (χ3n) is 0. The van der Waals surface area contributed by atoms with Crippen LogP contribution in [0.4, 0.5) is 0 Å². The fourth-order valence-corrected chi connectivity index (χ4v) is 0. The third kappa shape index (κ3) is 23.3. The standard InChI is InChI=1S/Li.Mn.Mo.Ni.O.H/q+1;;;;;-1. The van der Waals surface area contributed by atoms with Gasteiger partial charge in [-0.05, 0) is 0 Å². The molecule has 0 spiro atoms. The van der Waals surface area contributed by atoms with Gasteiger partial charge in [0.2, 0.25) is 0 Å². The predicted molar refractivity (Wildman–Crippen MR) is 1.80 cm³/mol. The molecule has 1 nitrogen and oxygen atoms in total. The summed E-state index contributed by atoms with van der Waals surface area (Å²) >= 11 is 1.69. The zero-order chi connectivity index (χ0) is 2.00. The second-order valence-electron chi connectivity index (χ2n) is 0. The molecule has 31 valence electrons. The molecule has 0 saturated carbocycles. The third-order valence-corrected chi connectivity index (χ3v) is 0. The number of hydrogen-bond acceptors (Lipinski definition) is 1. The van der Waals surface area contributed by atoms with Crippen LogP contribution >= 0.6 is 0 Å². The first-order chi connectivity index (χ1) is 1.00. The molecule has 0 bridgehead atoms. The Balaban J connectivity index is -0.000000000833. The van der Waals surface area contributed by atoms with Crippen LogP contribution < -0.4 is 18.9 Å². The van der Waals surface area contributed by atoms with E-state index < -0.39 is 0 Å². The molecule has 0 aliphatic rings. The van der Waals surface area contributed by atoms with Crippen LogP contribution in [0.5, 0.6) is 0 Å². The van der Waals surface area contributed by atoms with Gasteiger partial charge in [0.1, 0.15) is 0 Å². The molecule has 0 heterocycles. The topological polar surface area (TPSA) is 17.1 Å². The Morgan fingerprint density at radius 3 is 1.40 bits per heavy atom. The van der Waals surface area contributed by atoms with Crippen molar-refractivity contribution in [1.82, 2.24) is 0 Å². The fourth-order valence-electron chi connectivity index (χ4n) is 0. The van der Waals surface area contributed by atoms with Gasteiger partial charge in [-0.1, -0.05) is 0 Å². The van der Waals surface area contributed by atoms with Gasteiger partial charge in [-0.2, -0.15) is 0 Å². The Labute approximate surface area is 76.9 Å². The van der Waals surface area contributed by atoms with Crippen molar-refractivity contribution in [3.8, 4) is 0 Å². The average molecular weight is 234 g/mol. The summed E-state index contributed by atoms with van der Waals surface area (Å²) in [5.41, 5.74) is 0. The van der Waals surface area contributed by atoms with Gasteiger partial charge in [0.25, 0.3) is 0 Å². The molecule has 0 unspecified atom stereocenters. The molecule has 0 aromatic rings. The molecule has 0 atom stereocenters. The molecule has 0 aliphatic carbocycles. The van der Waals surface area contributed by atoms with E-state index in [-0.39, 0.29) is 57.8 Å². The first-order valence-electron chi connectivity index (χ1n) is 0.154. The molecule has 0 aromatic heterocycles. The van der Waals surface area contributed by atoms with Crippen molar-refractivity contribution in [3.63, 3.8) is 0 Å². The minimum atomic E-state index is 0. The zero-order valence-electron chi connectivity index (χ0n) is 3.51. The van der Waals surface area contributed by atoms with Crippen LogP contribution in [0.1, 0.15) is 1.43 Å². The quantitative estimate of drug-likeness (QED) is 0.408. The Morgan fingerprint density at radius 1 is 1.40 bits per heavy atom. The maximum atomic E-state index is 8.06. The van der Waals surface area contributed by atoms with Gasteiger partial charge in [0, 0.05) is 37.6 Å². The second-order valence-corrected chi connectivity index (χ2v) is 0. The average Bonchev–Trinajstić information content (AvgIpc) is 1.00. The van der Waals surface area contributed by atoms with E-state index in [4.69, 9.17) is 3.83 Å². The summed E-state index contributed by atoms with van der Waals surface area (Å²) in [5.74, 6) is 0. The molecular weight excluding hydrogens is 233 g/mol. The number of rotatable bonds is 0. The van der Waals surface area contributed by atoms with Crippen molar-refractivity contribution in [1.29, 1.82) is 0 Å². The van der Waals surface area contributed by atoms with E-state index in [1.54, 1.807) is 15.9 Å². The van der Waals surface area contributed by atoms with E-state index in [2.05, 4.69) is 0 Å². The summed E-state index contributed by atoms with van der Waals surface area (Å²) in [5, 5.41) is 0. The Morgan fingerprint density at radius 2 is 1.40 bits per heavy atom. The Bertz CT molecular complexity index is 15.5. The van der Waals surface area contributed by atoms with Gasteiger partial charge in [0.15, 0.2) is 0 Å². The molecule has 0 radical (unpaired) electrons. The van der Waals surface area contributed by atoms with Crippen LogP contribution in [0, 0.1) is 0 Å². The minimum absolute atomic E-state index is 0. The van der Waals surface area contributed by atoms with Crippen LogP contribution in [0.15, 0.2) is 0 Å². The van der Waals surface area contributed by atoms with Crippen LogP contribution in [0.25, 0.3) is 0 Å². The molecule has 0 aromatic carbocycles. The molecule has 0 N–H and O–H groups in total. The van der Waals surface area contributed by atoms with Crippen LogP contribution in [-0.2, 0) is 57.3 Å². The normalized spacial score (nSPS) is 0.800. The van der Waals surface area contributed by atoms with Gasteiger partial charge in [-0.3, -0.25) is 0 Å². The summed E-state index contributed by atoms with van der Waals surface area (Å²) in [6.45, 7) is 0. The summed E-state index contributed by atoms with van der Waals surface area (Å²) in [4.78, 5) is 0. The van der Waals surface area contributed by atoms with Gasteiger partial charge in [-0.25, -0.2) is 0 Å². The molecule has 5 heavy (non-hydrogen) atoms. The van der Waals surface area contributed by atoms with Crippen molar-refractivity contribution >= 4 is 0 Å². The first-order valence-corrected chi connectivity index (χ1v) is 0.636. The van der Waals surface area contributed by atoms with E-state index in [1.807, 2.05) is 0 Å². The Hall–Kier alpha value is 2.10. The molecule has 0 fully saturated rings. The maximum absolute atomic E-state index is 8.06. The van der Waals surface area contributed by atoms with Crippen LogP contribution in [0.3, 0.4) is 0 Å². The van der Waals surface area contributed by atoms with Gasteiger partial charge in [0.05, 0.1) is 0 Å². The van der Waals surface area contributed by atoms with Crippen molar-refractivity contribution in [2.45, 2.75) is 0 Å². The summed E-state index contributed by atoms with van der Waals surface area (Å²) in [6, 6.07) is 0. The molecule has 5 heteroatoms. The van der Waals surface area contributed by atoms with Crippen LogP contribution in [0.2, 0.25) is 0 Å². The molecule has 0 saturated heterocycles. The van der Waals surface area contributed by atoms with Gasteiger partial charge < -0.3 is 1.43 Å². The van der Waals surface area contributed by atoms with Crippen molar-refractivity contribution in [2.24, 2.45) is 0 Å². The van der Waals surface area contributed by atoms with Crippen molar-refractivity contribution in [2.75, 3.05) is 0 Å². The van der Waals surface area contributed by atoms with Crippen molar-refractivity contribution in [3.05, 3.63) is 0 Å². The zero-order valence-corrected chi connectivity index (χ0v) is 6.69. The summed E-state index contributed by atoms with van der Waals surface area (Å²) in [6.07, 6.45) is 0. The molecule has 0 rings (SSSR count). The molecule has 0 aliphatic heterocycles. The Kier molecular flexibility index (Phi) is 198. The SMILES string of the molecule is [H-].[Li+].[Mo].[Ni].[O]=[Mn]. The van der Waals surface area contributed by atoms with Gasteiger partial charge in [-0.15, -0.1) is 0 Å². The van der Waals surface area contributed by atoms with E-state index in [1.165, 1.54) is 0 Å². The predicted octanol–water partition coefficient (Wildman–Crippen LogP) is -3.01. The molecular formula is HLiMnMoNiO. The first kappa shape index (κ1) is 27.5. The fraction of sp³-hybridized carbons (Fsp3) is 0.